The van der Waals surface area contributed by atoms with Crippen molar-refractivity contribution in [3.05, 3.63) is 23.3 Å². The molecule has 0 radical (unpaired) electrons. The second-order valence-corrected chi connectivity index (χ2v) is 9.57. The van der Waals surface area contributed by atoms with Crippen molar-refractivity contribution in [3.8, 4) is 11.5 Å². The molecule has 1 aromatic carbocycles. The van der Waals surface area contributed by atoms with Gasteiger partial charge >= 0.3 is 0 Å². The Balaban J connectivity index is 1.54. The van der Waals surface area contributed by atoms with Crippen LogP contribution in [0, 0.1) is 17.3 Å². The SMILES string of the molecule is COc1cc2c(cc1O)CCC1C2CC[C@@]2(C)C1CC[C@@H]2NCCN(C)C. The van der Waals surface area contributed by atoms with E-state index >= 15 is 0 Å². The lowest BCUT2D eigenvalue weighted by Gasteiger charge is -2.51. The Bertz CT molecular complexity index is 689. The van der Waals surface area contributed by atoms with Crippen LogP contribution in [0.15, 0.2) is 12.1 Å². The van der Waals surface area contributed by atoms with Gasteiger partial charge in [0.25, 0.3) is 0 Å². The number of methoxy groups -OCH3 is 1. The number of benzene rings is 1. The molecular weight excluding hydrogens is 336 g/mol. The fourth-order valence-corrected chi connectivity index (χ4v) is 6.55. The number of likely N-dealkylation sites (N-methyl/N-ethyl adjacent to an activating group) is 1. The van der Waals surface area contributed by atoms with Crippen LogP contribution in [0.25, 0.3) is 0 Å². The lowest BCUT2D eigenvalue weighted by atomic mass is 9.55. The van der Waals surface area contributed by atoms with Crippen LogP contribution in [0.4, 0.5) is 0 Å². The fraction of sp³-hybridized carbons (Fsp3) is 0.739. The molecule has 3 unspecified atom stereocenters. The zero-order valence-electron chi connectivity index (χ0n) is 17.4. The largest absolute Gasteiger partial charge is 0.504 e. The van der Waals surface area contributed by atoms with Crippen molar-refractivity contribution in [1.82, 2.24) is 10.2 Å². The Hall–Kier alpha value is -1.26. The predicted molar refractivity (Wildman–Crippen MR) is 110 cm³/mol. The van der Waals surface area contributed by atoms with E-state index < -0.39 is 0 Å². The van der Waals surface area contributed by atoms with Crippen molar-refractivity contribution in [2.45, 2.75) is 57.4 Å². The van der Waals surface area contributed by atoms with E-state index in [9.17, 15) is 5.11 Å². The molecule has 5 atom stereocenters. The van der Waals surface area contributed by atoms with E-state index in [-0.39, 0.29) is 0 Å². The van der Waals surface area contributed by atoms with E-state index in [4.69, 9.17) is 4.74 Å². The summed E-state index contributed by atoms with van der Waals surface area (Å²) in [5, 5.41) is 14.1. The van der Waals surface area contributed by atoms with Gasteiger partial charge in [0.2, 0.25) is 0 Å². The molecule has 0 spiro atoms. The van der Waals surface area contributed by atoms with Crippen molar-refractivity contribution in [2.75, 3.05) is 34.3 Å². The first-order chi connectivity index (χ1) is 12.9. The molecule has 0 bridgehead atoms. The third kappa shape index (κ3) is 3.25. The minimum absolute atomic E-state index is 0.293. The summed E-state index contributed by atoms with van der Waals surface area (Å²) >= 11 is 0. The molecule has 0 aliphatic heterocycles. The number of fused-ring (bicyclic) bond motifs is 5. The van der Waals surface area contributed by atoms with Crippen LogP contribution in [-0.2, 0) is 6.42 Å². The van der Waals surface area contributed by atoms with Crippen LogP contribution in [0.3, 0.4) is 0 Å². The highest BCUT2D eigenvalue weighted by Gasteiger charge is 2.54. The van der Waals surface area contributed by atoms with Crippen LogP contribution in [-0.4, -0.2) is 50.3 Å². The van der Waals surface area contributed by atoms with Crippen molar-refractivity contribution in [3.63, 3.8) is 0 Å². The molecule has 150 valence electrons. The summed E-state index contributed by atoms with van der Waals surface area (Å²) < 4.78 is 5.41. The van der Waals surface area contributed by atoms with Crippen molar-refractivity contribution in [1.29, 1.82) is 0 Å². The number of aromatic hydroxyl groups is 1. The predicted octanol–water partition coefficient (Wildman–Crippen LogP) is 3.78. The number of phenolic OH excluding ortho intramolecular Hbond substituents is 1. The Morgan fingerprint density at radius 1 is 1.22 bits per heavy atom. The first-order valence-corrected chi connectivity index (χ1v) is 10.7. The van der Waals surface area contributed by atoms with Gasteiger partial charge in [0.1, 0.15) is 0 Å². The Labute approximate surface area is 164 Å². The summed E-state index contributed by atoms with van der Waals surface area (Å²) in [6.07, 6.45) is 7.63. The summed E-state index contributed by atoms with van der Waals surface area (Å²) in [5.41, 5.74) is 3.23. The van der Waals surface area contributed by atoms with E-state index in [0.29, 0.717) is 28.9 Å². The van der Waals surface area contributed by atoms with Gasteiger partial charge in [-0.2, -0.15) is 0 Å². The Kier molecular flexibility index (Phi) is 5.15. The van der Waals surface area contributed by atoms with E-state index in [1.165, 1.54) is 43.2 Å². The number of ether oxygens (including phenoxy) is 1. The molecule has 4 nitrogen and oxygen atoms in total. The highest BCUT2D eigenvalue weighted by molar-refractivity contribution is 5.49. The first kappa shape index (κ1) is 19.1. The van der Waals surface area contributed by atoms with Crippen molar-refractivity contribution >= 4 is 0 Å². The molecular formula is C23H36N2O2. The van der Waals surface area contributed by atoms with E-state index in [1.807, 2.05) is 6.07 Å². The normalized spacial score (nSPS) is 34.9. The molecule has 1 aromatic rings. The highest BCUT2D eigenvalue weighted by atomic mass is 16.5. The number of aryl methyl sites for hydroxylation is 1. The monoisotopic (exact) mass is 372 g/mol. The van der Waals surface area contributed by atoms with Gasteiger partial charge in [0, 0.05) is 19.1 Å². The molecule has 0 aromatic heterocycles. The number of rotatable bonds is 5. The maximum absolute atomic E-state index is 10.2. The van der Waals surface area contributed by atoms with Gasteiger partial charge < -0.3 is 20.1 Å². The fourth-order valence-electron chi connectivity index (χ4n) is 6.55. The number of hydrogen-bond donors (Lipinski definition) is 2. The van der Waals surface area contributed by atoms with Gasteiger partial charge in [-0.15, -0.1) is 0 Å². The second kappa shape index (κ2) is 7.29. The molecule has 2 saturated carbocycles. The van der Waals surface area contributed by atoms with Gasteiger partial charge in [0.15, 0.2) is 11.5 Å². The van der Waals surface area contributed by atoms with Gasteiger partial charge in [-0.25, -0.2) is 0 Å². The second-order valence-electron chi connectivity index (χ2n) is 9.57. The summed E-state index contributed by atoms with van der Waals surface area (Å²) in [7, 11) is 5.95. The van der Waals surface area contributed by atoms with Crippen molar-refractivity contribution in [2.24, 2.45) is 17.3 Å². The standard InChI is InChI=1S/C23H36N2O2/c1-23-10-9-16-17(19(23)7-8-22(23)24-11-12-25(2)3)6-5-15-13-20(26)21(27-4)14-18(15)16/h13-14,16-17,19,22,24,26H,5-12H2,1-4H3/t16?,17?,19?,22-,23-/m0/s1. The maximum Gasteiger partial charge on any atom is 0.160 e. The van der Waals surface area contributed by atoms with Crippen LogP contribution in [0.5, 0.6) is 11.5 Å². The first-order valence-electron chi connectivity index (χ1n) is 10.7. The minimum atomic E-state index is 0.293. The maximum atomic E-state index is 10.2. The van der Waals surface area contributed by atoms with Crippen LogP contribution in [0.2, 0.25) is 0 Å². The molecule has 0 amide bonds. The van der Waals surface area contributed by atoms with E-state index in [2.05, 4.69) is 37.3 Å². The average molecular weight is 373 g/mol. The van der Waals surface area contributed by atoms with E-state index in [0.717, 1.165) is 31.3 Å². The summed E-state index contributed by atoms with van der Waals surface area (Å²) in [6, 6.07) is 4.75. The molecule has 0 saturated heterocycles. The van der Waals surface area contributed by atoms with Gasteiger partial charge in [0.05, 0.1) is 7.11 Å². The van der Waals surface area contributed by atoms with Gasteiger partial charge in [-0.3, -0.25) is 0 Å². The summed E-state index contributed by atoms with van der Waals surface area (Å²) in [5.74, 6) is 3.17. The zero-order valence-corrected chi connectivity index (χ0v) is 17.4. The molecule has 3 aliphatic rings. The van der Waals surface area contributed by atoms with Crippen molar-refractivity contribution < 1.29 is 9.84 Å². The molecule has 4 rings (SSSR count). The Morgan fingerprint density at radius 2 is 2.04 bits per heavy atom. The van der Waals surface area contributed by atoms with Gasteiger partial charge in [-0.1, -0.05) is 6.92 Å². The zero-order chi connectivity index (χ0) is 19.2. The minimum Gasteiger partial charge on any atom is -0.504 e. The number of hydrogen-bond acceptors (Lipinski definition) is 4. The van der Waals surface area contributed by atoms with Crippen LogP contribution < -0.4 is 10.1 Å². The van der Waals surface area contributed by atoms with Crippen LogP contribution >= 0.6 is 0 Å². The van der Waals surface area contributed by atoms with E-state index in [1.54, 1.807) is 7.11 Å². The molecule has 2 fully saturated rings. The number of phenols is 1. The molecule has 2 N–H and O–H groups in total. The number of nitrogens with one attached hydrogen (secondary N) is 1. The quantitative estimate of drug-likeness (QED) is 0.826. The summed E-state index contributed by atoms with van der Waals surface area (Å²) in [4.78, 5) is 2.26. The third-order valence-corrected chi connectivity index (χ3v) is 7.97. The smallest absolute Gasteiger partial charge is 0.160 e. The molecule has 0 heterocycles. The van der Waals surface area contributed by atoms with Crippen LogP contribution in [0.1, 0.15) is 56.1 Å². The summed E-state index contributed by atoms with van der Waals surface area (Å²) in [6.45, 7) is 4.76. The molecule has 3 aliphatic carbocycles. The highest BCUT2D eigenvalue weighted by Crippen LogP contribution is 2.61. The molecule has 4 heteroatoms. The lowest BCUT2D eigenvalue weighted by Crippen LogP contribution is -2.49. The topological polar surface area (TPSA) is 44.7 Å². The molecule has 27 heavy (non-hydrogen) atoms. The third-order valence-electron chi connectivity index (χ3n) is 7.97. The Morgan fingerprint density at radius 3 is 2.78 bits per heavy atom. The number of nitrogens with zero attached hydrogens (tertiary/aromatic N) is 1. The van der Waals surface area contributed by atoms with Gasteiger partial charge in [-0.05, 0) is 99.0 Å². The lowest BCUT2D eigenvalue weighted by molar-refractivity contribution is 0.0409. The average Bonchev–Trinajstić information content (AvgIpc) is 2.97.